The van der Waals surface area contributed by atoms with E-state index in [2.05, 4.69) is 23.7 Å². The Balaban J connectivity index is 2.91. The smallest absolute Gasteiger partial charge is 0.128 e. The van der Waals surface area contributed by atoms with Crippen molar-refractivity contribution in [2.24, 2.45) is 5.73 Å². The molecule has 0 spiro atoms. The summed E-state index contributed by atoms with van der Waals surface area (Å²) in [6.07, 6.45) is 1.87. The molecule has 0 unspecified atom stereocenters. The molecule has 0 bridgehead atoms. The summed E-state index contributed by atoms with van der Waals surface area (Å²) in [6.45, 7) is 9.59. The standard InChI is InChI=1S/C13H23N3O/c1-5-16(7-6-14)9-12-11(3)13(17-4)10(2)8-15-12/h8H,5-7,9,14H2,1-4H3. The lowest BCUT2D eigenvalue weighted by atomic mass is 10.1. The second-order valence-corrected chi connectivity index (χ2v) is 4.20. The zero-order valence-electron chi connectivity index (χ0n) is 11.3. The van der Waals surface area contributed by atoms with Crippen LogP contribution in [0.3, 0.4) is 0 Å². The number of aromatic nitrogens is 1. The number of methoxy groups -OCH3 is 1. The maximum absolute atomic E-state index is 5.59. The highest BCUT2D eigenvalue weighted by Crippen LogP contribution is 2.24. The van der Waals surface area contributed by atoms with E-state index in [0.717, 1.165) is 42.2 Å². The number of pyridine rings is 1. The van der Waals surface area contributed by atoms with Gasteiger partial charge < -0.3 is 10.5 Å². The summed E-state index contributed by atoms with van der Waals surface area (Å²) in [7, 11) is 1.70. The molecule has 0 aliphatic heterocycles. The predicted molar refractivity (Wildman–Crippen MR) is 70.3 cm³/mol. The Labute approximate surface area is 104 Å². The molecule has 4 nitrogen and oxygen atoms in total. The van der Waals surface area contributed by atoms with E-state index in [1.165, 1.54) is 0 Å². The van der Waals surface area contributed by atoms with Gasteiger partial charge in [0, 0.05) is 37.0 Å². The van der Waals surface area contributed by atoms with Crippen LogP contribution in [0.25, 0.3) is 0 Å². The quantitative estimate of drug-likeness (QED) is 0.814. The predicted octanol–water partition coefficient (Wildman–Crippen LogP) is 1.49. The van der Waals surface area contributed by atoms with Gasteiger partial charge in [-0.15, -0.1) is 0 Å². The van der Waals surface area contributed by atoms with Gasteiger partial charge >= 0.3 is 0 Å². The molecular weight excluding hydrogens is 214 g/mol. The van der Waals surface area contributed by atoms with Crippen molar-refractivity contribution in [3.63, 3.8) is 0 Å². The molecule has 2 N–H and O–H groups in total. The van der Waals surface area contributed by atoms with Gasteiger partial charge in [0.25, 0.3) is 0 Å². The van der Waals surface area contributed by atoms with E-state index in [0.29, 0.717) is 6.54 Å². The number of hydrogen-bond acceptors (Lipinski definition) is 4. The van der Waals surface area contributed by atoms with Gasteiger partial charge in [-0.05, 0) is 20.4 Å². The molecule has 0 atom stereocenters. The van der Waals surface area contributed by atoms with Crippen LogP contribution in [0.5, 0.6) is 5.75 Å². The van der Waals surface area contributed by atoms with Crippen molar-refractivity contribution in [3.8, 4) is 5.75 Å². The minimum atomic E-state index is 0.676. The Kier molecular flexibility index (Phi) is 5.38. The van der Waals surface area contributed by atoms with Crippen LogP contribution in [-0.2, 0) is 6.54 Å². The van der Waals surface area contributed by atoms with Gasteiger partial charge in [-0.25, -0.2) is 0 Å². The first-order chi connectivity index (χ1) is 8.13. The minimum absolute atomic E-state index is 0.676. The van der Waals surface area contributed by atoms with E-state index in [1.54, 1.807) is 7.11 Å². The third kappa shape index (κ3) is 3.41. The number of nitrogens with zero attached hydrogens (tertiary/aromatic N) is 2. The highest BCUT2D eigenvalue weighted by atomic mass is 16.5. The van der Waals surface area contributed by atoms with Crippen molar-refractivity contribution < 1.29 is 4.74 Å². The zero-order valence-corrected chi connectivity index (χ0v) is 11.3. The van der Waals surface area contributed by atoms with Gasteiger partial charge in [-0.3, -0.25) is 9.88 Å². The number of nitrogens with two attached hydrogens (primary N) is 1. The van der Waals surface area contributed by atoms with E-state index in [9.17, 15) is 0 Å². The highest BCUT2D eigenvalue weighted by molar-refractivity contribution is 5.40. The Morgan fingerprint density at radius 2 is 2.12 bits per heavy atom. The molecule has 0 aliphatic rings. The van der Waals surface area contributed by atoms with Gasteiger partial charge in [0.2, 0.25) is 0 Å². The molecule has 0 amide bonds. The molecule has 1 heterocycles. The largest absolute Gasteiger partial charge is 0.496 e. The molecule has 0 saturated carbocycles. The topological polar surface area (TPSA) is 51.4 Å². The molecule has 0 aliphatic carbocycles. The highest BCUT2D eigenvalue weighted by Gasteiger charge is 2.11. The van der Waals surface area contributed by atoms with Crippen LogP contribution >= 0.6 is 0 Å². The first-order valence-corrected chi connectivity index (χ1v) is 6.05. The maximum atomic E-state index is 5.59. The van der Waals surface area contributed by atoms with Crippen LogP contribution in [0, 0.1) is 13.8 Å². The normalized spacial score (nSPS) is 10.9. The Bertz CT molecular complexity index is 366. The summed E-state index contributed by atoms with van der Waals surface area (Å²) >= 11 is 0. The van der Waals surface area contributed by atoms with Crippen LogP contribution in [-0.4, -0.2) is 36.6 Å². The van der Waals surface area contributed by atoms with Gasteiger partial charge in [-0.2, -0.15) is 0 Å². The molecule has 0 saturated heterocycles. The summed E-state index contributed by atoms with van der Waals surface area (Å²) in [5.41, 5.74) is 8.87. The zero-order chi connectivity index (χ0) is 12.8. The van der Waals surface area contributed by atoms with Gasteiger partial charge in [0.1, 0.15) is 5.75 Å². The Morgan fingerprint density at radius 3 is 2.65 bits per heavy atom. The van der Waals surface area contributed by atoms with Crippen LogP contribution in [0.4, 0.5) is 0 Å². The summed E-state index contributed by atoms with van der Waals surface area (Å²) in [4.78, 5) is 6.78. The minimum Gasteiger partial charge on any atom is -0.496 e. The summed E-state index contributed by atoms with van der Waals surface area (Å²) in [5, 5.41) is 0. The number of hydrogen-bond donors (Lipinski definition) is 1. The molecular formula is C13H23N3O. The third-order valence-corrected chi connectivity index (χ3v) is 3.02. The summed E-state index contributed by atoms with van der Waals surface area (Å²) in [5.74, 6) is 0.943. The lowest BCUT2D eigenvalue weighted by molar-refractivity contribution is 0.283. The second kappa shape index (κ2) is 6.57. The van der Waals surface area contributed by atoms with Gasteiger partial charge in [-0.1, -0.05) is 6.92 Å². The lowest BCUT2D eigenvalue weighted by Crippen LogP contribution is -2.29. The SMILES string of the molecule is CCN(CCN)Cc1ncc(C)c(OC)c1C. The fourth-order valence-electron chi connectivity index (χ4n) is 1.97. The van der Waals surface area contributed by atoms with E-state index in [4.69, 9.17) is 10.5 Å². The Hall–Kier alpha value is -1.13. The second-order valence-electron chi connectivity index (χ2n) is 4.20. The van der Waals surface area contributed by atoms with Crippen molar-refractivity contribution in [2.45, 2.75) is 27.3 Å². The third-order valence-electron chi connectivity index (χ3n) is 3.02. The molecule has 1 aromatic heterocycles. The van der Waals surface area contributed by atoms with Crippen molar-refractivity contribution in [3.05, 3.63) is 23.0 Å². The molecule has 17 heavy (non-hydrogen) atoms. The first-order valence-electron chi connectivity index (χ1n) is 6.05. The molecule has 0 fully saturated rings. The molecule has 1 rings (SSSR count). The van der Waals surface area contributed by atoms with Crippen LogP contribution in [0.1, 0.15) is 23.7 Å². The molecule has 0 radical (unpaired) electrons. The average molecular weight is 237 g/mol. The number of aryl methyl sites for hydroxylation is 1. The van der Waals surface area contributed by atoms with E-state index < -0.39 is 0 Å². The first kappa shape index (κ1) is 13.9. The van der Waals surface area contributed by atoms with Crippen LogP contribution in [0.2, 0.25) is 0 Å². The lowest BCUT2D eigenvalue weighted by Gasteiger charge is -2.21. The van der Waals surface area contributed by atoms with Crippen molar-refractivity contribution in [1.29, 1.82) is 0 Å². The maximum Gasteiger partial charge on any atom is 0.128 e. The molecule has 1 aromatic rings. The van der Waals surface area contributed by atoms with Crippen molar-refractivity contribution in [2.75, 3.05) is 26.7 Å². The molecule has 0 aromatic carbocycles. The van der Waals surface area contributed by atoms with Gasteiger partial charge in [0.05, 0.1) is 12.8 Å². The number of ether oxygens (including phenoxy) is 1. The number of rotatable bonds is 6. The van der Waals surface area contributed by atoms with Crippen molar-refractivity contribution in [1.82, 2.24) is 9.88 Å². The van der Waals surface area contributed by atoms with E-state index in [-0.39, 0.29) is 0 Å². The van der Waals surface area contributed by atoms with E-state index in [1.807, 2.05) is 13.1 Å². The summed E-state index contributed by atoms with van der Waals surface area (Å²) in [6, 6.07) is 0. The van der Waals surface area contributed by atoms with Crippen LogP contribution in [0.15, 0.2) is 6.20 Å². The van der Waals surface area contributed by atoms with Crippen LogP contribution < -0.4 is 10.5 Å². The summed E-state index contributed by atoms with van der Waals surface area (Å²) < 4.78 is 5.41. The van der Waals surface area contributed by atoms with Gasteiger partial charge in [0.15, 0.2) is 0 Å². The monoisotopic (exact) mass is 237 g/mol. The Morgan fingerprint density at radius 1 is 1.41 bits per heavy atom. The molecule has 96 valence electrons. The van der Waals surface area contributed by atoms with E-state index >= 15 is 0 Å². The fraction of sp³-hybridized carbons (Fsp3) is 0.615. The number of likely N-dealkylation sites (N-methyl/N-ethyl adjacent to an activating group) is 1. The molecule has 4 heteroatoms. The van der Waals surface area contributed by atoms with Crippen molar-refractivity contribution >= 4 is 0 Å². The average Bonchev–Trinajstić information content (AvgIpc) is 2.32. The fourth-order valence-corrected chi connectivity index (χ4v) is 1.97.